The van der Waals surface area contributed by atoms with E-state index in [1.165, 1.54) is 11.3 Å². The van der Waals surface area contributed by atoms with Crippen molar-refractivity contribution in [1.29, 1.82) is 0 Å². The molecule has 0 unspecified atom stereocenters. The summed E-state index contributed by atoms with van der Waals surface area (Å²) in [4.78, 5) is 12.0. The summed E-state index contributed by atoms with van der Waals surface area (Å²) in [6.45, 7) is 3.77. The minimum absolute atomic E-state index is 0.127. The lowest BCUT2D eigenvalue weighted by Gasteiger charge is -1.99. The number of rotatable bonds is 3. The number of hydrogen-bond donors (Lipinski definition) is 1. The molecule has 0 bridgehead atoms. The smallest absolute Gasteiger partial charge is 0.261 e. The Morgan fingerprint density at radius 3 is 2.92 bits per heavy atom. The monoisotopic (exact) mass is 279 g/mol. The van der Waals surface area contributed by atoms with Gasteiger partial charge in [-0.05, 0) is 22.0 Å². The fourth-order valence-electron chi connectivity index (χ4n) is 0.695. The molecule has 0 saturated carbocycles. The van der Waals surface area contributed by atoms with Gasteiger partial charge < -0.3 is 5.32 Å². The zero-order chi connectivity index (χ0) is 9.84. The molecule has 0 aliphatic carbocycles. The molecule has 70 valence electrons. The van der Waals surface area contributed by atoms with E-state index in [4.69, 9.17) is 11.6 Å². The van der Waals surface area contributed by atoms with Crippen LogP contribution in [0.4, 0.5) is 0 Å². The zero-order valence-corrected chi connectivity index (χ0v) is 9.80. The Labute approximate surface area is 93.7 Å². The summed E-state index contributed by atoms with van der Waals surface area (Å²) >= 11 is 10.1. The normalized spacial score (nSPS) is 9.69. The molecule has 0 saturated heterocycles. The summed E-state index contributed by atoms with van der Waals surface area (Å²) in [5, 5.41) is 4.90. The molecule has 13 heavy (non-hydrogen) atoms. The van der Waals surface area contributed by atoms with Crippen LogP contribution in [0.3, 0.4) is 0 Å². The summed E-state index contributed by atoms with van der Waals surface area (Å²) in [6, 6.07) is 1.76. The lowest BCUT2D eigenvalue weighted by atomic mass is 10.4. The molecule has 0 atom stereocenters. The summed E-state index contributed by atoms with van der Waals surface area (Å²) in [5.41, 5.74) is 0. The first-order valence-corrected chi connectivity index (χ1v) is 5.50. The van der Waals surface area contributed by atoms with Crippen molar-refractivity contribution in [2.24, 2.45) is 0 Å². The number of halogens is 2. The molecule has 1 heterocycles. The maximum atomic E-state index is 11.3. The van der Waals surface area contributed by atoms with E-state index in [0.717, 1.165) is 4.47 Å². The Bertz CT molecular complexity index is 337. The summed E-state index contributed by atoms with van der Waals surface area (Å²) < 4.78 is 0.910. The Hall–Kier alpha value is -0.320. The van der Waals surface area contributed by atoms with E-state index in [1.807, 2.05) is 5.38 Å². The van der Waals surface area contributed by atoms with Gasteiger partial charge in [-0.3, -0.25) is 4.79 Å². The van der Waals surface area contributed by atoms with E-state index in [-0.39, 0.29) is 5.91 Å². The molecule has 0 radical (unpaired) electrons. The van der Waals surface area contributed by atoms with Gasteiger partial charge in [0.25, 0.3) is 5.91 Å². The van der Waals surface area contributed by atoms with Crippen molar-refractivity contribution in [3.05, 3.63) is 32.4 Å². The van der Waals surface area contributed by atoms with Gasteiger partial charge in [-0.1, -0.05) is 18.2 Å². The SMILES string of the molecule is C=C(Cl)CNC(=O)c1cc(Br)cs1. The van der Waals surface area contributed by atoms with E-state index in [0.29, 0.717) is 16.5 Å². The van der Waals surface area contributed by atoms with Gasteiger partial charge in [0.15, 0.2) is 0 Å². The van der Waals surface area contributed by atoms with Crippen molar-refractivity contribution in [2.75, 3.05) is 6.54 Å². The van der Waals surface area contributed by atoms with Gasteiger partial charge in [-0.2, -0.15) is 0 Å². The Kier molecular flexibility index (Phi) is 3.96. The quantitative estimate of drug-likeness (QED) is 0.906. The van der Waals surface area contributed by atoms with Crippen LogP contribution < -0.4 is 5.32 Å². The molecule has 0 aliphatic rings. The van der Waals surface area contributed by atoms with Crippen LogP contribution in [-0.4, -0.2) is 12.5 Å². The molecule has 0 aromatic carbocycles. The number of amides is 1. The summed E-state index contributed by atoms with van der Waals surface area (Å²) in [7, 11) is 0. The van der Waals surface area contributed by atoms with Crippen LogP contribution in [-0.2, 0) is 0 Å². The number of thiophene rings is 1. The maximum Gasteiger partial charge on any atom is 0.261 e. The molecule has 0 aliphatic heterocycles. The maximum absolute atomic E-state index is 11.3. The number of carbonyl (C=O) groups is 1. The minimum atomic E-state index is -0.127. The molecular formula is C8H7BrClNOS. The highest BCUT2D eigenvalue weighted by Crippen LogP contribution is 2.19. The molecule has 1 aromatic rings. The summed E-state index contributed by atoms with van der Waals surface area (Å²) in [5.74, 6) is -0.127. The van der Waals surface area contributed by atoms with Gasteiger partial charge in [0.2, 0.25) is 0 Å². The predicted molar refractivity (Wildman–Crippen MR) is 59.3 cm³/mol. The number of nitrogens with one attached hydrogen (secondary N) is 1. The largest absolute Gasteiger partial charge is 0.346 e. The van der Waals surface area contributed by atoms with Crippen molar-refractivity contribution < 1.29 is 4.79 Å². The Balaban J connectivity index is 2.54. The van der Waals surface area contributed by atoms with Crippen LogP contribution in [0, 0.1) is 0 Å². The molecule has 1 aromatic heterocycles. The van der Waals surface area contributed by atoms with Crippen LogP contribution in [0.15, 0.2) is 27.5 Å². The fraction of sp³-hybridized carbons (Fsp3) is 0.125. The van der Waals surface area contributed by atoms with Gasteiger partial charge in [0.1, 0.15) is 0 Å². The van der Waals surface area contributed by atoms with Crippen LogP contribution in [0.25, 0.3) is 0 Å². The first-order valence-electron chi connectivity index (χ1n) is 3.45. The van der Waals surface area contributed by atoms with Crippen molar-refractivity contribution in [2.45, 2.75) is 0 Å². The number of carbonyl (C=O) groups excluding carboxylic acids is 1. The second-order valence-electron chi connectivity index (χ2n) is 2.33. The molecule has 0 fully saturated rings. The predicted octanol–water partition coefficient (Wildman–Crippen LogP) is 2.99. The van der Waals surface area contributed by atoms with E-state index < -0.39 is 0 Å². The first kappa shape index (κ1) is 10.8. The van der Waals surface area contributed by atoms with Crippen LogP contribution in [0.1, 0.15) is 9.67 Å². The number of hydrogen-bond acceptors (Lipinski definition) is 2. The third kappa shape index (κ3) is 3.50. The van der Waals surface area contributed by atoms with Gasteiger partial charge in [0.05, 0.1) is 11.4 Å². The lowest BCUT2D eigenvalue weighted by molar-refractivity contribution is 0.0961. The average Bonchev–Trinajstić information content (AvgIpc) is 2.47. The van der Waals surface area contributed by atoms with Crippen molar-refractivity contribution >= 4 is 44.8 Å². The van der Waals surface area contributed by atoms with Gasteiger partial charge in [-0.15, -0.1) is 11.3 Å². The fourth-order valence-corrected chi connectivity index (χ4v) is 2.10. The van der Waals surface area contributed by atoms with Crippen LogP contribution in [0.2, 0.25) is 0 Å². The standard InChI is InChI=1S/C8H7BrClNOS/c1-5(10)3-11-8(12)7-2-6(9)4-13-7/h2,4H,1,3H2,(H,11,12). The Morgan fingerprint density at radius 1 is 1.77 bits per heavy atom. The van der Waals surface area contributed by atoms with Crippen LogP contribution >= 0.6 is 38.9 Å². The first-order chi connectivity index (χ1) is 6.09. The molecule has 2 nitrogen and oxygen atoms in total. The highest BCUT2D eigenvalue weighted by atomic mass is 79.9. The average molecular weight is 281 g/mol. The van der Waals surface area contributed by atoms with E-state index >= 15 is 0 Å². The van der Waals surface area contributed by atoms with Crippen LogP contribution in [0.5, 0.6) is 0 Å². The van der Waals surface area contributed by atoms with E-state index in [2.05, 4.69) is 27.8 Å². The zero-order valence-electron chi connectivity index (χ0n) is 6.64. The molecule has 5 heteroatoms. The summed E-state index contributed by atoms with van der Waals surface area (Å²) in [6.07, 6.45) is 0. The van der Waals surface area contributed by atoms with Gasteiger partial charge in [0, 0.05) is 14.9 Å². The van der Waals surface area contributed by atoms with Crippen molar-refractivity contribution in [3.63, 3.8) is 0 Å². The third-order valence-electron chi connectivity index (χ3n) is 1.23. The highest BCUT2D eigenvalue weighted by molar-refractivity contribution is 9.10. The Morgan fingerprint density at radius 2 is 2.46 bits per heavy atom. The second kappa shape index (κ2) is 4.79. The lowest BCUT2D eigenvalue weighted by Crippen LogP contribution is -2.23. The van der Waals surface area contributed by atoms with Crippen molar-refractivity contribution in [3.8, 4) is 0 Å². The second-order valence-corrected chi connectivity index (χ2v) is 4.69. The molecule has 1 rings (SSSR count). The van der Waals surface area contributed by atoms with E-state index in [1.54, 1.807) is 6.07 Å². The minimum Gasteiger partial charge on any atom is -0.346 e. The van der Waals surface area contributed by atoms with Gasteiger partial charge in [-0.25, -0.2) is 0 Å². The van der Waals surface area contributed by atoms with Crippen molar-refractivity contribution in [1.82, 2.24) is 5.32 Å². The molecule has 0 spiro atoms. The van der Waals surface area contributed by atoms with E-state index in [9.17, 15) is 4.79 Å². The molecule has 1 N–H and O–H groups in total. The molecule has 1 amide bonds. The highest BCUT2D eigenvalue weighted by Gasteiger charge is 2.07. The third-order valence-corrected chi connectivity index (χ3v) is 3.06. The van der Waals surface area contributed by atoms with Gasteiger partial charge >= 0.3 is 0 Å². The topological polar surface area (TPSA) is 29.1 Å². The molecular weight excluding hydrogens is 274 g/mol.